The summed E-state index contributed by atoms with van der Waals surface area (Å²) in [6, 6.07) is 0.697. The van der Waals surface area contributed by atoms with E-state index < -0.39 is 0 Å². The zero-order valence-electron chi connectivity index (χ0n) is 8.66. The van der Waals surface area contributed by atoms with Crippen LogP contribution in [0.4, 0.5) is 0 Å². The third-order valence-electron chi connectivity index (χ3n) is 3.26. The van der Waals surface area contributed by atoms with Gasteiger partial charge in [-0.15, -0.1) is 0 Å². The van der Waals surface area contributed by atoms with Crippen molar-refractivity contribution in [2.75, 3.05) is 13.7 Å². The molecule has 0 unspecified atom stereocenters. The Bertz CT molecular complexity index is 218. The summed E-state index contributed by atoms with van der Waals surface area (Å²) in [5, 5.41) is 0. The van der Waals surface area contributed by atoms with E-state index in [4.69, 9.17) is 4.84 Å². The number of fused-ring (bicyclic) bond motifs is 1. The number of nitrogens with one attached hydrogen (secondary N) is 1. The molecule has 14 heavy (non-hydrogen) atoms. The molecule has 2 rings (SSSR count). The van der Waals surface area contributed by atoms with Gasteiger partial charge >= 0.3 is 0 Å². The zero-order valence-corrected chi connectivity index (χ0v) is 8.66. The van der Waals surface area contributed by atoms with E-state index in [1.54, 1.807) is 7.11 Å². The van der Waals surface area contributed by atoms with E-state index in [0.717, 1.165) is 38.6 Å². The van der Waals surface area contributed by atoms with Gasteiger partial charge in [-0.05, 0) is 25.7 Å². The molecule has 0 aromatic carbocycles. The molecule has 2 saturated heterocycles. The van der Waals surface area contributed by atoms with Gasteiger partial charge in [0.2, 0.25) is 5.91 Å². The van der Waals surface area contributed by atoms with E-state index in [1.165, 1.54) is 0 Å². The summed E-state index contributed by atoms with van der Waals surface area (Å²) in [4.78, 5) is 18.6. The lowest BCUT2D eigenvalue weighted by Gasteiger charge is -2.43. The molecule has 0 aromatic rings. The minimum Gasteiger partial charge on any atom is -0.338 e. The third-order valence-corrected chi connectivity index (χ3v) is 3.26. The lowest BCUT2D eigenvalue weighted by Crippen LogP contribution is -2.57. The van der Waals surface area contributed by atoms with Gasteiger partial charge in [0.1, 0.15) is 0 Å². The molecule has 1 N–H and O–H groups in total. The fraction of sp³-hybridized carbons (Fsp3) is 0.900. The number of amides is 1. The van der Waals surface area contributed by atoms with Crippen LogP contribution in [-0.4, -0.2) is 36.5 Å². The first-order valence-corrected chi connectivity index (χ1v) is 5.41. The van der Waals surface area contributed by atoms with Gasteiger partial charge in [0.25, 0.3) is 0 Å². The molecule has 4 heteroatoms. The van der Waals surface area contributed by atoms with Crippen LogP contribution in [0, 0.1) is 0 Å². The molecule has 0 aromatic heterocycles. The minimum atomic E-state index is 0.323. The highest BCUT2D eigenvalue weighted by Gasteiger charge is 2.36. The topological polar surface area (TPSA) is 41.6 Å². The Kier molecular flexibility index (Phi) is 3.03. The van der Waals surface area contributed by atoms with E-state index in [9.17, 15) is 4.79 Å². The molecule has 4 nitrogen and oxygen atoms in total. The second kappa shape index (κ2) is 4.28. The van der Waals surface area contributed by atoms with E-state index in [1.807, 2.05) is 4.90 Å². The van der Waals surface area contributed by atoms with Crippen molar-refractivity contribution in [1.29, 1.82) is 0 Å². The molecule has 2 fully saturated rings. The number of carbonyl (C=O) groups excluding carboxylic acids is 1. The quantitative estimate of drug-likeness (QED) is 0.663. The second-order valence-corrected chi connectivity index (χ2v) is 4.12. The number of piperidine rings is 2. The first-order valence-electron chi connectivity index (χ1n) is 5.41. The Hall–Kier alpha value is -0.610. The molecule has 2 heterocycles. The molecule has 1 amide bonds. The highest BCUT2D eigenvalue weighted by atomic mass is 16.6. The standard InChI is InChI=1S/C10H18N2O2/c1-14-11-8-4-3-7-12-9(8)5-2-6-10(12)13/h8-9,11H,2-7H2,1H3/t8-,9+/m0/s1. The molecule has 0 radical (unpaired) electrons. The van der Waals surface area contributed by atoms with Gasteiger partial charge in [-0.3, -0.25) is 4.79 Å². The van der Waals surface area contributed by atoms with Crippen LogP contribution in [0.1, 0.15) is 32.1 Å². The number of carbonyl (C=O) groups is 1. The highest BCUT2D eigenvalue weighted by molar-refractivity contribution is 5.77. The number of hydrogen-bond donors (Lipinski definition) is 1. The smallest absolute Gasteiger partial charge is 0.222 e. The van der Waals surface area contributed by atoms with Crippen molar-refractivity contribution < 1.29 is 9.63 Å². The predicted octanol–water partition coefficient (Wildman–Crippen LogP) is 0.681. The Balaban J connectivity index is 2.04. The van der Waals surface area contributed by atoms with Crippen LogP contribution in [-0.2, 0) is 9.63 Å². The highest BCUT2D eigenvalue weighted by Crippen LogP contribution is 2.27. The fourth-order valence-electron chi connectivity index (χ4n) is 2.62. The van der Waals surface area contributed by atoms with Gasteiger partial charge in [0.05, 0.1) is 13.2 Å². The summed E-state index contributed by atoms with van der Waals surface area (Å²) < 4.78 is 0. The van der Waals surface area contributed by atoms with E-state index in [2.05, 4.69) is 5.48 Å². The van der Waals surface area contributed by atoms with Crippen molar-refractivity contribution in [1.82, 2.24) is 10.4 Å². The second-order valence-electron chi connectivity index (χ2n) is 4.12. The van der Waals surface area contributed by atoms with Crippen LogP contribution >= 0.6 is 0 Å². The molecule has 80 valence electrons. The first-order chi connectivity index (χ1) is 6.83. The summed E-state index contributed by atoms with van der Waals surface area (Å²) in [5.74, 6) is 0.323. The molecule has 0 aliphatic carbocycles. The molecular weight excluding hydrogens is 180 g/mol. The van der Waals surface area contributed by atoms with Gasteiger partial charge in [-0.2, -0.15) is 5.48 Å². The molecule has 0 saturated carbocycles. The maximum atomic E-state index is 11.6. The average molecular weight is 198 g/mol. The van der Waals surface area contributed by atoms with Gasteiger partial charge in [0, 0.05) is 19.0 Å². The number of hydrogen-bond acceptors (Lipinski definition) is 3. The van der Waals surface area contributed by atoms with Crippen molar-refractivity contribution in [3.05, 3.63) is 0 Å². The van der Waals surface area contributed by atoms with Crippen LogP contribution in [0.2, 0.25) is 0 Å². The predicted molar refractivity (Wildman–Crippen MR) is 52.5 cm³/mol. The van der Waals surface area contributed by atoms with Crippen molar-refractivity contribution in [3.8, 4) is 0 Å². The summed E-state index contributed by atoms with van der Waals surface area (Å²) >= 11 is 0. The number of nitrogens with zero attached hydrogens (tertiary/aromatic N) is 1. The average Bonchev–Trinajstić information content (AvgIpc) is 2.20. The zero-order chi connectivity index (χ0) is 9.97. The van der Waals surface area contributed by atoms with E-state index in [0.29, 0.717) is 18.0 Å². The summed E-state index contributed by atoms with van der Waals surface area (Å²) in [6.45, 7) is 0.936. The van der Waals surface area contributed by atoms with Gasteiger partial charge in [-0.1, -0.05) is 0 Å². The first kappa shape index (κ1) is 9.93. The van der Waals surface area contributed by atoms with Crippen molar-refractivity contribution in [2.45, 2.75) is 44.2 Å². The number of hydroxylamine groups is 1. The van der Waals surface area contributed by atoms with Crippen molar-refractivity contribution in [3.63, 3.8) is 0 Å². The molecule has 2 atom stereocenters. The lowest BCUT2D eigenvalue weighted by molar-refractivity contribution is -0.140. The Morgan fingerprint density at radius 2 is 2.29 bits per heavy atom. The Morgan fingerprint density at radius 3 is 3.07 bits per heavy atom. The maximum absolute atomic E-state index is 11.6. The van der Waals surface area contributed by atoms with Crippen LogP contribution in [0.5, 0.6) is 0 Å². The van der Waals surface area contributed by atoms with E-state index >= 15 is 0 Å². The van der Waals surface area contributed by atoms with Gasteiger partial charge in [-0.25, -0.2) is 0 Å². The van der Waals surface area contributed by atoms with Crippen LogP contribution in [0.3, 0.4) is 0 Å². The minimum absolute atomic E-state index is 0.323. The van der Waals surface area contributed by atoms with Crippen molar-refractivity contribution in [2.24, 2.45) is 0 Å². The summed E-state index contributed by atoms with van der Waals surface area (Å²) in [6.07, 6.45) is 5.08. The van der Waals surface area contributed by atoms with E-state index in [-0.39, 0.29) is 0 Å². The fourth-order valence-corrected chi connectivity index (χ4v) is 2.62. The molecule has 2 aliphatic heterocycles. The largest absolute Gasteiger partial charge is 0.338 e. The van der Waals surface area contributed by atoms with Crippen molar-refractivity contribution >= 4 is 5.91 Å². The summed E-state index contributed by atoms with van der Waals surface area (Å²) in [5.41, 5.74) is 3.01. The lowest BCUT2D eigenvalue weighted by atomic mass is 9.89. The monoisotopic (exact) mass is 198 g/mol. The van der Waals surface area contributed by atoms with Crippen LogP contribution < -0.4 is 5.48 Å². The molecule has 0 bridgehead atoms. The molecular formula is C10H18N2O2. The number of rotatable bonds is 2. The molecule has 0 spiro atoms. The van der Waals surface area contributed by atoms with Gasteiger partial charge < -0.3 is 9.74 Å². The SMILES string of the molecule is CON[C@H]1CCCN2C(=O)CCC[C@H]12. The summed E-state index contributed by atoms with van der Waals surface area (Å²) in [7, 11) is 1.64. The molecule has 2 aliphatic rings. The third kappa shape index (κ3) is 1.77. The van der Waals surface area contributed by atoms with Crippen LogP contribution in [0.15, 0.2) is 0 Å². The normalized spacial score (nSPS) is 32.9. The van der Waals surface area contributed by atoms with Gasteiger partial charge in [0.15, 0.2) is 0 Å². The Morgan fingerprint density at radius 1 is 1.43 bits per heavy atom. The Labute approximate surface area is 84.6 Å². The van der Waals surface area contributed by atoms with Crippen LogP contribution in [0.25, 0.3) is 0 Å². The maximum Gasteiger partial charge on any atom is 0.222 e.